The van der Waals surface area contributed by atoms with Crippen LogP contribution in [0.5, 0.6) is 0 Å². The van der Waals surface area contributed by atoms with Gasteiger partial charge >= 0.3 is 0 Å². The molecule has 2 saturated carbocycles. The van der Waals surface area contributed by atoms with Crippen molar-refractivity contribution in [2.75, 3.05) is 20.6 Å². The normalized spacial score (nSPS) is 37.2. The summed E-state index contributed by atoms with van der Waals surface area (Å²) in [5.74, 6) is 1.01. The Morgan fingerprint density at radius 3 is 2.44 bits per heavy atom. The van der Waals surface area contributed by atoms with Crippen LogP contribution >= 0.6 is 0 Å². The van der Waals surface area contributed by atoms with Crippen LogP contribution in [0.1, 0.15) is 46.5 Å². The van der Waals surface area contributed by atoms with Gasteiger partial charge in [-0.25, -0.2) is 0 Å². The van der Waals surface area contributed by atoms with E-state index in [2.05, 4.69) is 31.0 Å². The van der Waals surface area contributed by atoms with Gasteiger partial charge in [0.15, 0.2) is 0 Å². The van der Waals surface area contributed by atoms with Crippen LogP contribution in [0.4, 0.5) is 0 Å². The molecule has 0 unspecified atom stereocenters. The first kappa shape index (κ1) is 13.9. The van der Waals surface area contributed by atoms with Crippen LogP contribution in [-0.4, -0.2) is 37.5 Å². The van der Waals surface area contributed by atoms with Crippen LogP contribution in [0.2, 0.25) is 0 Å². The van der Waals surface area contributed by atoms with Gasteiger partial charge in [0, 0.05) is 19.0 Å². The lowest BCUT2D eigenvalue weighted by atomic mass is 9.69. The third-order valence-corrected chi connectivity index (χ3v) is 5.92. The highest BCUT2D eigenvalue weighted by atomic mass is 16.1. The lowest BCUT2D eigenvalue weighted by Gasteiger charge is -2.39. The highest BCUT2D eigenvalue weighted by molar-refractivity contribution is 5.76. The number of carbonyl (C=O) groups is 1. The lowest BCUT2D eigenvalue weighted by Crippen LogP contribution is -2.47. The van der Waals surface area contributed by atoms with Gasteiger partial charge < -0.3 is 10.2 Å². The second-order valence-electron chi connectivity index (χ2n) is 7.28. The van der Waals surface area contributed by atoms with E-state index in [1.54, 1.807) is 0 Å². The van der Waals surface area contributed by atoms with Gasteiger partial charge in [-0.2, -0.15) is 0 Å². The highest BCUT2D eigenvalue weighted by Crippen LogP contribution is 2.65. The molecule has 1 amide bonds. The predicted molar refractivity (Wildman–Crippen MR) is 74.3 cm³/mol. The van der Waals surface area contributed by atoms with Crippen LogP contribution in [0.25, 0.3) is 0 Å². The number of nitrogens with zero attached hydrogens (tertiary/aromatic N) is 1. The van der Waals surface area contributed by atoms with Gasteiger partial charge in [0.25, 0.3) is 0 Å². The minimum atomic E-state index is 0.221. The molecule has 0 aromatic rings. The number of hydrogen-bond acceptors (Lipinski definition) is 2. The second-order valence-corrected chi connectivity index (χ2v) is 7.28. The first-order valence-electron chi connectivity index (χ1n) is 7.21. The molecule has 2 aliphatic carbocycles. The Morgan fingerprint density at radius 2 is 2.00 bits per heavy atom. The summed E-state index contributed by atoms with van der Waals surface area (Å²) in [6.45, 7) is 7.98. The van der Waals surface area contributed by atoms with Gasteiger partial charge in [-0.1, -0.05) is 20.8 Å². The summed E-state index contributed by atoms with van der Waals surface area (Å²) in [6.07, 6.45) is 4.40. The maximum Gasteiger partial charge on any atom is 0.221 e. The summed E-state index contributed by atoms with van der Waals surface area (Å²) in [7, 11) is 4.02. The highest BCUT2D eigenvalue weighted by Gasteiger charge is 2.61. The van der Waals surface area contributed by atoms with E-state index < -0.39 is 0 Å². The molecule has 3 atom stereocenters. The third-order valence-electron chi connectivity index (χ3n) is 5.92. The lowest BCUT2D eigenvalue weighted by molar-refractivity contribution is -0.123. The Morgan fingerprint density at radius 1 is 1.33 bits per heavy atom. The summed E-state index contributed by atoms with van der Waals surface area (Å²) in [6, 6.07) is 0.390. The molecule has 0 aromatic carbocycles. The minimum absolute atomic E-state index is 0.221. The summed E-state index contributed by atoms with van der Waals surface area (Å²) in [4.78, 5) is 14.1. The van der Waals surface area contributed by atoms with Crippen molar-refractivity contribution in [3.63, 3.8) is 0 Å². The van der Waals surface area contributed by atoms with Crippen LogP contribution in [0, 0.1) is 16.7 Å². The largest absolute Gasteiger partial charge is 0.353 e. The fourth-order valence-electron chi connectivity index (χ4n) is 4.01. The van der Waals surface area contributed by atoms with E-state index in [0.717, 1.165) is 12.5 Å². The fraction of sp³-hybridized carbons (Fsp3) is 0.933. The summed E-state index contributed by atoms with van der Waals surface area (Å²) >= 11 is 0. The quantitative estimate of drug-likeness (QED) is 0.832. The standard InChI is InChI=1S/C15H28N2O/c1-14(2)11-6-8-15(14,3)12(10-11)16-13(18)7-9-17(4)5/h11-12H,6-10H2,1-5H3,(H,16,18)/t11-,12-,15-/m1/s1. The molecule has 0 radical (unpaired) electrons. The molecule has 2 rings (SSSR count). The molecule has 2 fully saturated rings. The summed E-state index contributed by atoms with van der Waals surface area (Å²) in [5.41, 5.74) is 0.679. The van der Waals surface area contributed by atoms with Gasteiger partial charge in [0.1, 0.15) is 0 Å². The number of fused-ring (bicyclic) bond motifs is 2. The van der Waals surface area contributed by atoms with Crippen molar-refractivity contribution in [3.8, 4) is 0 Å². The summed E-state index contributed by atoms with van der Waals surface area (Å²) in [5, 5.41) is 3.30. The van der Waals surface area contributed by atoms with E-state index in [1.165, 1.54) is 19.3 Å². The molecule has 3 nitrogen and oxygen atoms in total. The average molecular weight is 252 g/mol. The van der Waals surface area contributed by atoms with Crippen LogP contribution in [0.3, 0.4) is 0 Å². The number of hydrogen-bond donors (Lipinski definition) is 1. The van der Waals surface area contributed by atoms with E-state index in [4.69, 9.17) is 0 Å². The monoisotopic (exact) mass is 252 g/mol. The number of nitrogens with one attached hydrogen (secondary N) is 1. The number of rotatable bonds is 4. The van der Waals surface area contributed by atoms with E-state index in [0.29, 0.717) is 23.3 Å². The number of carbonyl (C=O) groups excluding carboxylic acids is 1. The number of amides is 1. The fourth-order valence-corrected chi connectivity index (χ4v) is 4.01. The SMILES string of the molecule is CN(C)CCC(=O)N[C@@H]1C[C@H]2CC[C@@]1(C)C2(C)C. The zero-order valence-electron chi connectivity index (χ0n) is 12.5. The molecule has 2 aliphatic rings. The smallest absolute Gasteiger partial charge is 0.221 e. The Bertz CT molecular complexity index is 337. The molecule has 18 heavy (non-hydrogen) atoms. The van der Waals surface area contributed by atoms with Crippen LogP contribution < -0.4 is 5.32 Å². The predicted octanol–water partition coefficient (Wildman–Crippen LogP) is 2.27. The van der Waals surface area contributed by atoms with Crippen LogP contribution in [-0.2, 0) is 4.79 Å². The van der Waals surface area contributed by atoms with Gasteiger partial charge in [-0.3, -0.25) is 4.79 Å². The average Bonchev–Trinajstić information content (AvgIpc) is 2.59. The minimum Gasteiger partial charge on any atom is -0.353 e. The van der Waals surface area contributed by atoms with Gasteiger partial charge in [0.05, 0.1) is 0 Å². The first-order valence-corrected chi connectivity index (χ1v) is 7.21. The summed E-state index contributed by atoms with van der Waals surface area (Å²) < 4.78 is 0. The molecular weight excluding hydrogens is 224 g/mol. The Kier molecular flexibility index (Phi) is 3.48. The van der Waals surface area contributed by atoms with Crippen molar-refractivity contribution in [2.45, 2.75) is 52.5 Å². The van der Waals surface area contributed by atoms with Crippen molar-refractivity contribution in [1.29, 1.82) is 0 Å². The molecule has 0 spiro atoms. The van der Waals surface area contributed by atoms with Crippen molar-refractivity contribution >= 4 is 5.91 Å². The van der Waals surface area contributed by atoms with Crippen molar-refractivity contribution in [1.82, 2.24) is 10.2 Å². The maximum atomic E-state index is 12.0. The molecule has 104 valence electrons. The van der Waals surface area contributed by atoms with Gasteiger partial charge in [0.2, 0.25) is 5.91 Å². The molecule has 0 saturated heterocycles. The van der Waals surface area contributed by atoms with Crippen LogP contribution in [0.15, 0.2) is 0 Å². The molecule has 1 N–H and O–H groups in total. The maximum absolute atomic E-state index is 12.0. The second kappa shape index (κ2) is 4.52. The molecule has 3 heteroatoms. The topological polar surface area (TPSA) is 32.3 Å². The molecule has 0 aliphatic heterocycles. The van der Waals surface area contributed by atoms with Gasteiger partial charge in [-0.15, -0.1) is 0 Å². The Balaban J connectivity index is 1.94. The molecule has 0 heterocycles. The van der Waals surface area contributed by atoms with E-state index in [9.17, 15) is 4.79 Å². The molecule has 2 bridgehead atoms. The van der Waals surface area contributed by atoms with Crippen molar-refractivity contribution < 1.29 is 4.79 Å². The van der Waals surface area contributed by atoms with E-state index in [-0.39, 0.29) is 5.91 Å². The third kappa shape index (κ3) is 2.07. The van der Waals surface area contributed by atoms with Crippen molar-refractivity contribution in [3.05, 3.63) is 0 Å². The van der Waals surface area contributed by atoms with E-state index in [1.807, 2.05) is 14.1 Å². The van der Waals surface area contributed by atoms with Crippen molar-refractivity contribution in [2.24, 2.45) is 16.7 Å². The first-order chi connectivity index (χ1) is 8.27. The Hall–Kier alpha value is -0.570. The molecular formula is C15H28N2O. The van der Waals surface area contributed by atoms with Gasteiger partial charge in [-0.05, 0) is 50.1 Å². The zero-order valence-corrected chi connectivity index (χ0v) is 12.5. The Labute approximate surface area is 111 Å². The molecule has 0 aromatic heterocycles. The van der Waals surface area contributed by atoms with E-state index >= 15 is 0 Å². The zero-order chi connectivity index (χ0) is 13.6.